The Kier molecular flexibility index (Phi) is 6.99. The van der Waals surface area contributed by atoms with Crippen molar-refractivity contribution in [1.82, 2.24) is 5.32 Å². The van der Waals surface area contributed by atoms with Gasteiger partial charge in [-0.05, 0) is 25.9 Å². The lowest BCUT2D eigenvalue weighted by Crippen LogP contribution is -2.21. The first-order chi connectivity index (χ1) is 4.41. The molecule has 0 aromatic rings. The maximum atomic E-state index is 7.32. The van der Waals surface area contributed by atoms with Gasteiger partial charge in [-0.25, -0.2) is 0 Å². The summed E-state index contributed by atoms with van der Waals surface area (Å²) in [6.07, 6.45) is 4.22. The number of hydrogen-bond donors (Lipinski definition) is 1. The van der Waals surface area contributed by atoms with E-state index in [0.717, 1.165) is 0 Å². The molecule has 0 spiro atoms. The van der Waals surface area contributed by atoms with Crippen molar-refractivity contribution in [3.8, 4) is 6.07 Å². The number of rotatable bonds is 0. The number of nitriles is 1. The standard InChI is InChI=1S/C5H11N.C2H3N/c1-2-4-6-5-3-1;1-2-3/h6H,1-5H2;1H3. The first-order valence-electron chi connectivity index (χ1n) is 3.43. The van der Waals surface area contributed by atoms with Crippen molar-refractivity contribution in [3.63, 3.8) is 0 Å². The number of nitrogens with one attached hydrogen (secondary N) is 1. The molecule has 2 heteroatoms. The van der Waals surface area contributed by atoms with Gasteiger partial charge in [0, 0.05) is 6.92 Å². The zero-order chi connectivity index (χ0) is 6.95. The molecule has 1 heterocycles. The molecule has 0 aromatic heterocycles. The summed E-state index contributed by atoms with van der Waals surface area (Å²) < 4.78 is 0. The quantitative estimate of drug-likeness (QED) is 0.531. The van der Waals surface area contributed by atoms with E-state index in [1.165, 1.54) is 39.3 Å². The van der Waals surface area contributed by atoms with Gasteiger partial charge in [0.1, 0.15) is 0 Å². The summed E-state index contributed by atoms with van der Waals surface area (Å²) in [4.78, 5) is 0. The van der Waals surface area contributed by atoms with Crippen LogP contribution in [-0.2, 0) is 0 Å². The molecule has 0 unspecified atom stereocenters. The summed E-state index contributed by atoms with van der Waals surface area (Å²) in [6.45, 7) is 3.93. The highest BCUT2D eigenvalue weighted by molar-refractivity contribution is 4.55. The highest BCUT2D eigenvalue weighted by Gasteiger charge is 1.93. The van der Waals surface area contributed by atoms with E-state index in [-0.39, 0.29) is 0 Å². The van der Waals surface area contributed by atoms with Crippen LogP contribution in [0.2, 0.25) is 0 Å². The van der Waals surface area contributed by atoms with Gasteiger partial charge in [-0.2, -0.15) is 5.26 Å². The summed E-state index contributed by atoms with van der Waals surface area (Å²) in [5, 5.41) is 10.6. The number of nitrogens with zero attached hydrogens (tertiary/aromatic N) is 1. The van der Waals surface area contributed by atoms with E-state index >= 15 is 0 Å². The third-order valence-corrected chi connectivity index (χ3v) is 1.21. The van der Waals surface area contributed by atoms with E-state index < -0.39 is 0 Å². The van der Waals surface area contributed by atoms with Crippen LogP contribution in [0.4, 0.5) is 0 Å². The second-order valence-corrected chi connectivity index (χ2v) is 2.03. The average molecular weight is 126 g/mol. The maximum absolute atomic E-state index is 7.32. The molecule has 0 saturated carbocycles. The van der Waals surface area contributed by atoms with Crippen molar-refractivity contribution in [2.75, 3.05) is 13.1 Å². The Bertz CT molecular complexity index is 67.9. The van der Waals surface area contributed by atoms with Gasteiger partial charge in [-0.1, -0.05) is 6.42 Å². The molecule has 0 aromatic carbocycles. The predicted octanol–water partition coefficient (Wildman–Crippen LogP) is 1.29. The lowest BCUT2D eigenvalue weighted by Gasteiger charge is -2.08. The molecule has 0 atom stereocenters. The summed E-state index contributed by atoms with van der Waals surface area (Å²) in [5.74, 6) is 0. The maximum Gasteiger partial charge on any atom is 0.0587 e. The molecule has 0 aliphatic carbocycles. The smallest absolute Gasteiger partial charge is 0.0587 e. The summed E-state index contributed by atoms with van der Waals surface area (Å²) in [5.41, 5.74) is 0. The van der Waals surface area contributed by atoms with Crippen molar-refractivity contribution in [2.45, 2.75) is 26.2 Å². The fraction of sp³-hybridized carbons (Fsp3) is 0.857. The Morgan fingerprint density at radius 2 is 1.67 bits per heavy atom. The van der Waals surface area contributed by atoms with Crippen LogP contribution in [0.15, 0.2) is 0 Å². The largest absolute Gasteiger partial charge is 0.317 e. The molecule has 1 aliphatic rings. The first kappa shape index (κ1) is 8.45. The summed E-state index contributed by atoms with van der Waals surface area (Å²) in [7, 11) is 0. The minimum absolute atomic E-state index is 1.25. The fourth-order valence-electron chi connectivity index (χ4n) is 0.802. The van der Waals surface area contributed by atoms with E-state index in [4.69, 9.17) is 5.26 Å². The van der Waals surface area contributed by atoms with E-state index in [1.54, 1.807) is 6.07 Å². The van der Waals surface area contributed by atoms with Gasteiger partial charge in [-0.3, -0.25) is 0 Å². The topological polar surface area (TPSA) is 35.8 Å². The van der Waals surface area contributed by atoms with Crippen LogP contribution in [0.25, 0.3) is 0 Å². The monoisotopic (exact) mass is 126 g/mol. The van der Waals surface area contributed by atoms with Gasteiger partial charge >= 0.3 is 0 Å². The van der Waals surface area contributed by atoms with Crippen LogP contribution in [0, 0.1) is 11.3 Å². The summed E-state index contributed by atoms with van der Waals surface area (Å²) >= 11 is 0. The fourth-order valence-corrected chi connectivity index (χ4v) is 0.802. The zero-order valence-electron chi connectivity index (χ0n) is 5.98. The minimum Gasteiger partial charge on any atom is -0.317 e. The molecule has 1 aliphatic heterocycles. The van der Waals surface area contributed by atoms with Crippen LogP contribution < -0.4 is 5.32 Å². The third-order valence-electron chi connectivity index (χ3n) is 1.21. The van der Waals surface area contributed by atoms with Crippen molar-refractivity contribution in [1.29, 1.82) is 5.26 Å². The first-order valence-corrected chi connectivity index (χ1v) is 3.43. The lowest BCUT2D eigenvalue weighted by molar-refractivity contribution is 0.520. The van der Waals surface area contributed by atoms with Crippen molar-refractivity contribution in [2.24, 2.45) is 0 Å². The lowest BCUT2D eigenvalue weighted by atomic mass is 10.2. The number of piperidine rings is 1. The molecule has 2 nitrogen and oxygen atoms in total. The Hall–Kier alpha value is -0.550. The van der Waals surface area contributed by atoms with Crippen LogP contribution >= 0.6 is 0 Å². The Morgan fingerprint density at radius 1 is 1.22 bits per heavy atom. The molecule has 52 valence electrons. The van der Waals surface area contributed by atoms with E-state index in [1.807, 2.05) is 0 Å². The molecule has 9 heavy (non-hydrogen) atoms. The average Bonchev–Trinajstić information content (AvgIpc) is 1.93. The van der Waals surface area contributed by atoms with Gasteiger partial charge in [-0.15, -0.1) is 0 Å². The minimum atomic E-state index is 1.25. The second kappa shape index (κ2) is 7.45. The normalized spacial score (nSPS) is 16.9. The van der Waals surface area contributed by atoms with E-state index in [2.05, 4.69) is 5.32 Å². The van der Waals surface area contributed by atoms with Crippen LogP contribution in [-0.4, -0.2) is 13.1 Å². The predicted molar refractivity (Wildman–Crippen MR) is 38.0 cm³/mol. The van der Waals surface area contributed by atoms with Crippen molar-refractivity contribution >= 4 is 0 Å². The number of hydrogen-bond acceptors (Lipinski definition) is 2. The molecule has 0 amide bonds. The van der Waals surface area contributed by atoms with Crippen molar-refractivity contribution < 1.29 is 0 Å². The molecule has 0 bridgehead atoms. The molecule has 0 radical (unpaired) electrons. The Balaban J connectivity index is 0.000000187. The molecule has 1 N–H and O–H groups in total. The van der Waals surface area contributed by atoms with Crippen LogP contribution in [0.5, 0.6) is 0 Å². The Labute approximate surface area is 56.9 Å². The molecular weight excluding hydrogens is 112 g/mol. The SMILES string of the molecule is C1CCNCC1.CC#N. The van der Waals surface area contributed by atoms with E-state index in [9.17, 15) is 0 Å². The van der Waals surface area contributed by atoms with Gasteiger partial charge in [0.15, 0.2) is 0 Å². The Morgan fingerprint density at radius 3 is 1.78 bits per heavy atom. The highest BCUT2D eigenvalue weighted by Crippen LogP contribution is 1.96. The third kappa shape index (κ3) is 7.45. The van der Waals surface area contributed by atoms with E-state index in [0.29, 0.717) is 0 Å². The molecule has 1 fully saturated rings. The van der Waals surface area contributed by atoms with Gasteiger partial charge in [0.2, 0.25) is 0 Å². The second-order valence-electron chi connectivity index (χ2n) is 2.03. The highest BCUT2D eigenvalue weighted by atomic mass is 14.9. The van der Waals surface area contributed by atoms with Crippen LogP contribution in [0.1, 0.15) is 26.2 Å². The van der Waals surface area contributed by atoms with Gasteiger partial charge in [0.25, 0.3) is 0 Å². The van der Waals surface area contributed by atoms with Crippen molar-refractivity contribution in [3.05, 3.63) is 0 Å². The van der Waals surface area contributed by atoms with Crippen LogP contribution in [0.3, 0.4) is 0 Å². The van der Waals surface area contributed by atoms with Gasteiger partial charge < -0.3 is 5.32 Å². The molecule has 1 saturated heterocycles. The van der Waals surface area contributed by atoms with Gasteiger partial charge in [0.05, 0.1) is 6.07 Å². The zero-order valence-corrected chi connectivity index (χ0v) is 5.98. The summed E-state index contributed by atoms with van der Waals surface area (Å²) in [6, 6.07) is 1.75. The molecular formula is C7H14N2. The molecule has 1 rings (SSSR count).